The van der Waals surface area contributed by atoms with Gasteiger partial charge < -0.3 is 25.6 Å². The number of unbranched alkanes of at least 4 members (excludes halogenated alkanes) is 2. The van der Waals surface area contributed by atoms with Gasteiger partial charge in [-0.15, -0.1) is 0 Å². The Morgan fingerprint density at radius 1 is 0.905 bits per heavy atom. The first-order valence-corrected chi connectivity index (χ1v) is 23.8. The van der Waals surface area contributed by atoms with Crippen LogP contribution in [0.5, 0.6) is 0 Å². The molecule has 5 heterocycles. The van der Waals surface area contributed by atoms with Crippen LogP contribution in [0.1, 0.15) is 134 Å². The van der Waals surface area contributed by atoms with Crippen LogP contribution in [0.3, 0.4) is 0 Å². The Bertz CT molecular complexity index is 2020. The molecule has 1 unspecified atom stereocenters. The molecule has 0 bridgehead atoms. The fraction of sp³-hybridized carbons (Fsp3) is 0.620. The van der Waals surface area contributed by atoms with E-state index in [-0.39, 0.29) is 34.8 Å². The van der Waals surface area contributed by atoms with E-state index in [1.54, 1.807) is 0 Å². The number of amides is 3. The molecule has 4 aliphatic rings. The monoisotopic (exact) mass is 864 g/mol. The van der Waals surface area contributed by atoms with E-state index in [1.165, 1.54) is 24.1 Å². The van der Waals surface area contributed by atoms with Crippen molar-refractivity contribution in [2.45, 2.75) is 155 Å². The average Bonchev–Trinajstić information content (AvgIpc) is 3.94. The quantitative estimate of drug-likeness (QED) is 0.0757. The Balaban J connectivity index is 0.832. The van der Waals surface area contributed by atoms with E-state index < -0.39 is 0 Å². The van der Waals surface area contributed by atoms with Gasteiger partial charge in [0.2, 0.25) is 23.7 Å². The lowest BCUT2D eigenvalue weighted by Gasteiger charge is -2.39. The molecule has 7 rings (SSSR count). The number of aryl methyl sites for hydroxylation is 1. The van der Waals surface area contributed by atoms with Crippen LogP contribution in [0.15, 0.2) is 48.5 Å². The van der Waals surface area contributed by atoms with Crippen molar-refractivity contribution in [3.8, 4) is 0 Å². The molecular formula is C50H73N9O4. The fourth-order valence-corrected chi connectivity index (χ4v) is 9.97. The van der Waals surface area contributed by atoms with E-state index in [0.717, 1.165) is 119 Å². The lowest BCUT2D eigenvalue weighted by Crippen LogP contribution is -2.50. The van der Waals surface area contributed by atoms with Gasteiger partial charge in [-0.3, -0.25) is 29.5 Å². The third-order valence-electron chi connectivity index (χ3n) is 13.9. The molecule has 4 N–H and O–H groups in total. The van der Waals surface area contributed by atoms with Crippen LogP contribution >= 0.6 is 0 Å². The predicted molar refractivity (Wildman–Crippen MR) is 251 cm³/mol. The average molecular weight is 864 g/mol. The van der Waals surface area contributed by atoms with E-state index in [2.05, 4.69) is 98.2 Å². The molecule has 1 atom stereocenters. The number of hydrogen-bond acceptors (Lipinski definition) is 11. The van der Waals surface area contributed by atoms with E-state index in [1.807, 2.05) is 25.1 Å². The number of fused-ring (bicyclic) bond motifs is 1. The number of nitrogens with zero attached hydrogens (tertiary/aromatic N) is 6. The van der Waals surface area contributed by atoms with Crippen LogP contribution in [-0.4, -0.2) is 94.5 Å². The number of carbonyl (C=O) groups excluding carboxylic acids is 3. The van der Waals surface area contributed by atoms with Crippen molar-refractivity contribution >= 4 is 40.9 Å². The maximum absolute atomic E-state index is 13.2. The first-order valence-electron chi connectivity index (χ1n) is 23.8. The minimum Gasteiger partial charge on any atom is -0.376 e. The summed E-state index contributed by atoms with van der Waals surface area (Å²) in [5.41, 5.74) is 12.4. The van der Waals surface area contributed by atoms with Crippen LogP contribution in [0.2, 0.25) is 0 Å². The summed E-state index contributed by atoms with van der Waals surface area (Å²) in [6.45, 7) is 19.0. The summed E-state index contributed by atoms with van der Waals surface area (Å²) in [4.78, 5) is 56.0. The second-order valence-corrected chi connectivity index (χ2v) is 20.0. The smallest absolute Gasteiger partial charge is 0.243 e. The van der Waals surface area contributed by atoms with Crippen molar-refractivity contribution in [3.05, 3.63) is 70.9 Å². The summed E-state index contributed by atoms with van der Waals surface area (Å²) in [5, 5.41) is 5.64. The largest absolute Gasteiger partial charge is 0.376 e. The maximum atomic E-state index is 13.2. The number of aromatic nitrogens is 2. The summed E-state index contributed by atoms with van der Waals surface area (Å²) in [5.74, 6) is 0.847. The second kappa shape index (κ2) is 20.9. The molecule has 3 aromatic rings. The van der Waals surface area contributed by atoms with Gasteiger partial charge in [0.15, 0.2) is 0 Å². The lowest BCUT2D eigenvalue weighted by molar-refractivity contribution is -0.137. The van der Waals surface area contributed by atoms with Crippen LogP contribution < -0.4 is 26.2 Å². The Kier molecular flexibility index (Phi) is 15.4. The molecule has 0 spiro atoms. The molecule has 0 saturated carbocycles. The summed E-state index contributed by atoms with van der Waals surface area (Å²) in [7, 11) is 0. The number of ether oxygens (including phenoxy) is 1. The maximum Gasteiger partial charge on any atom is 0.243 e. The van der Waals surface area contributed by atoms with Gasteiger partial charge >= 0.3 is 0 Å². The van der Waals surface area contributed by atoms with Crippen LogP contribution in [0.25, 0.3) is 0 Å². The molecule has 3 amide bonds. The Hall–Kier alpha value is -4.59. The van der Waals surface area contributed by atoms with Gasteiger partial charge in [0.25, 0.3) is 0 Å². The molecule has 3 fully saturated rings. The van der Waals surface area contributed by atoms with E-state index in [0.29, 0.717) is 50.9 Å². The van der Waals surface area contributed by atoms with Crippen molar-refractivity contribution in [2.24, 2.45) is 5.41 Å². The molecule has 13 nitrogen and oxygen atoms in total. The molecule has 0 aliphatic carbocycles. The van der Waals surface area contributed by atoms with Crippen LogP contribution in [0, 0.1) is 12.3 Å². The van der Waals surface area contributed by atoms with Crippen LogP contribution in [-0.2, 0) is 38.8 Å². The van der Waals surface area contributed by atoms with Crippen molar-refractivity contribution in [1.82, 2.24) is 25.1 Å². The molecule has 1 aromatic heterocycles. The molecule has 342 valence electrons. The molecule has 13 heteroatoms. The fourth-order valence-electron chi connectivity index (χ4n) is 9.97. The van der Waals surface area contributed by atoms with Crippen molar-refractivity contribution in [1.29, 1.82) is 0 Å². The van der Waals surface area contributed by atoms with Crippen molar-refractivity contribution in [3.63, 3.8) is 0 Å². The third-order valence-corrected chi connectivity index (χ3v) is 13.9. The van der Waals surface area contributed by atoms with Crippen molar-refractivity contribution in [2.75, 3.05) is 60.2 Å². The van der Waals surface area contributed by atoms with Crippen molar-refractivity contribution < 1.29 is 19.1 Å². The number of benzene rings is 2. The normalized spacial score (nSPS) is 18.9. The van der Waals surface area contributed by atoms with Gasteiger partial charge in [0, 0.05) is 94.4 Å². The lowest BCUT2D eigenvalue weighted by atomic mass is 9.84. The van der Waals surface area contributed by atoms with E-state index in [9.17, 15) is 14.4 Å². The number of hydrogen-bond donors (Lipinski definition) is 3. The first kappa shape index (κ1) is 46.4. The number of rotatable bonds is 20. The van der Waals surface area contributed by atoms with E-state index in [4.69, 9.17) is 10.5 Å². The second-order valence-electron chi connectivity index (χ2n) is 20.0. The van der Waals surface area contributed by atoms with E-state index >= 15 is 0 Å². The van der Waals surface area contributed by atoms with Crippen LogP contribution in [0.4, 0.5) is 23.1 Å². The molecular weight excluding hydrogens is 791 g/mol. The zero-order valence-corrected chi connectivity index (χ0v) is 38.7. The zero-order valence-electron chi connectivity index (χ0n) is 38.7. The molecule has 63 heavy (non-hydrogen) atoms. The molecule has 0 radical (unpaired) electrons. The third kappa shape index (κ3) is 13.0. The zero-order chi connectivity index (χ0) is 44.6. The van der Waals surface area contributed by atoms with Gasteiger partial charge in [-0.05, 0) is 125 Å². The predicted octanol–water partition coefficient (Wildman–Crippen LogP) is 7.75. The number of carbonyl (C=O) groups is 3. The molecule has 4 aliphatic heterocycles. The highest BCUT2D eigenvalue weighted by Crippen LogP contribution is 2.34. The summed E-state index contributed by atoms with van der Waals surface area (Å²) in [6.07, 6.45) is 12.1. The summed E-state index contributed by atoms with van der Waals surface area (Å²) < 4.78 is 6.52. The number of nitrogen functional groups attached to an aromatic ring is 1. The topological polar surface area (TPSA) is 149 Å². The number of nitrogens with one attached hydrogen (secondary N) is 2. The minimum atomic E-state index is -0.330. The highest BCUT2D eigenvalue weighted by Gasteiger charge is 2.36. The Labute approximate surface area is 375 Å². The summed E-state index contributed by atoms with van der Waals surface area (Å²) in [6, 6.07) is 17.4. The molecule has 3 saturated heterocycles. The first-order chi connectivity index (χ1) is 30.2. The number of nitrogens with two attached hydrogens (primary N) is 1. The minimum absolute atomic E-state index is 0.000242. The number of imide groups is 1. The Morgan fingerprint density at radius 2 is 1.68 bits per heavy atom. The van der Waals surface area contributed by atoms with Gasteiger partial charge in [0.1, 0.15) is 5.82 Å². The highest BCUT2D eigenvalue weighted by atomic mass is 16.5. The molecule has 2 aromatic carbocycles. The number of anilines is 4. The Morgan fingerprint density at radius 3 is 2.44 bits per heavy atom. The number of piperidine rings is 2. The summed E-state index contributed by atoms with van der Waals surface area (Å²) >= 11 is 0. The SMILES string of the molecule is Cc1cc(N2CCC(N(CCCCCC(C)(C)OCCC(C)(C)CCC(=O)Nc3cccc4c3CN(C3CCC(=O)NC3=O)C4)Cc3cccc(N4CCCC4)c3)CC2)nc(N)n1. The van der Waals surface area contributed by atoms with Gasteiger partial charge in [0.05, 0.1) is 11.6 Å². The van der Waals surface area contributed by atoms with Gasteiger partial charge in [-0.25, -0.2) is 4.98 Å². The highest BCUT2D eigenvalue weighted by molar-refractivity contribution is 6.00. The standard InChI is InChI=1S/C50H73N9O4/c1-36-31-44(54-48(51)52-36)57-28-20-39(21-29-57)58(33-37-13-11-15-40(32-37)56-25-9-10-26-56)27-8-6-7-22-50(4,5)63-30-24-49(2,3)23-19-46(61)53-42-16-12-14-38-34-59(35-41(38)42)43-17-18-45(60)55-47(43)62/h11-16,31-32,39,43H,6-10,17-30,33-35H2,1-5H3,(H,53,61)(H2,51,52,54)(H,55,60,62). The van der Waals surface area contributed by atoms with Gasteiger partial charge in [-0.2, -0.15) is 4.98 Å². The van der Waals surface area contributed by atoms with Gasteiger partial charge in [-0.1, -0.05) is 51.0 Å².